The standard InChI is InChI=1S/C12H10FN3O3S/c13-6-1-2-8(11(18)19)9(3-6)16-10(17)4-7-5-20-12(14)15-7/h1-3,5H,4H2,(H2,14,15)(H,16,17)(H,18,19). The highest BCUT2D eigenvalue weighted by Gasteiger charge is 2.14. The van der Waals surface area contributed by atoms with E-state index in [0.29, 0.717) is 10.8 Å². The summed E-state index contributed by atoms with van der Waals surface area (Å²) in [6, 6.07) is 3.06. The van der Waals surface area contributed by atoms with Crippen LogP contribution in [0.1, 0.15) is 16.1 Å². The number of halogens is 1. The lowest BCUT2D eigenvalue weighted by Gasteiger charge is -2.07. The third-order valence-corrected chi connectivity index (χ3v) is 3.12. The van der Waals surface area contributed by atoms with E-state index in [2.05, 4.69) is 10.3 Å². The largest absolute Gasteiger partial charge is 0.478 e. The molecule has 6 nitrogen and oxygen atoms in total. The molecule has 0 spiro atoms. The number of nitrogens with zero attached hydrogens (tertiary/aromatic N) is 1. The van der Waals surface area contributed by atoms with Gasteiger partial charge in [0.05, 0.1) is 23.4 Å². The zero-order valence-electron chi connectivity index (χ0n) is 10.1. The van der Waals surface area contributed by atoms with E-state index in [1.54, 1.807) is 5.38 Å². The molecule has 0 atom stereocenters. The van der Waals surface area contributed by atoms with Crippen LogP contribution >= 0.6 is 11.3 Å². The molecule has 0 fully saturated rings. The van der Waals surface area contributed by atoms with E-state index in [1.807, 2.05) is 0 Å². The van der Waals surface area contributed by atoms with Gasteiger partial charge in [-0.3, -0.25) is 4.79 Å². The number of thiazole rings is 1. The van der Waals surface area contributed by atoms with Gasteiger partial charge in [0.25, 0.3) is 0 Å². The van der Waals surface area contributed by atoms with Crippen LogP contribution < -0.4 is 11.1 Å². The van der Waals surface area contributed by atoms with Gasteiger partial charge >= 0.3 is 5.97 Å². The number of rotatable bonds is 4. The molecule has 8 heteroatoms. The predicted molar refractivity (Wildman–Crippen MR) is 72.2 cm³/mol. The SMILES string of the molecule is Nc1nc(CC(=O)Nc2cc(F)ccc2C(=O)O)cs1. The smallest absolute Gasteiger partial charge is 0.337 e. The number of hydrogen-bond acceptors (Lipinski definition) is 5. The second-order valence-electron chi connectivity index (χ2n) is 3.90. The first-order valence-corrected chi connectivity index (χ1v) is 6.36. The number of nitrogen functional groups attached to an aromatic ring is 1. The van der Waals surface area contributed by atoms with E-state index in [-0.39, 0.29) is 17.7 Å². The molecule has 1 heterocycles. The Morgan fingerprint density at radius 2 is 2.20 bits per heavy atom. The number of carboxylic acids is 1. The number of anilines is 2. The van der Waals surface area contributed by atoms with E-state index < -0.39 is 17.7 Å². The minimum Gasteiger partial charge on any atom is -0.478 e. The monoisotopic (exact) mass is 295 g/mol. The van der Waals surface area contributed by atoms with Crippen molar-refractivity contribution >= 4 is 34.0 Å². The predicted octanol–water partition coefficient (Wildman–Crippen LogP) is 1.74. The molecule has 1 amide bonds. The first-order valence-electron chi connectivity index (χ1n) is 5.48. The molecule has 4 N–H and O–H groups in total. The normalized spacial score (nSPS) is 10.2. The molecular weight excluding hydrogens is 285 g/mol. The Bertz CT molecular complexity index is 672. The number of aromatic carboxylic acids is 1. The van der Waals surface area contributed by atoms with E-state index in [4.69, 9.17) is 10.8 Å². The fourth-order valence-corrected chi connectivity index (χ4v) is 2.13. The van der Waals surface area contributed by atoms with E-state index in [9.17, 15) is 14.0 Å². The molecule has 1 aromatic heterocycles. The summed E-state index contributed by atoms with van der Waals surface area (Å²) in [5.74, 6) is -2.38. The maximum Gasteiger partial charge on any atom is 0.337 e. The van der Waals surface area contributed by atoms with Gasteiger partial charge in [-0.1, -0.05) is 0 Å². The van der Waals surface area contributed by atoms with Crippen molar-refractivity contribution in [3.8, 4) is 0 Å². The van der Waals surface area contributed by atoms with E-state index in [1.165, 1.54) is 11.3 Å². The molecule has 0 saturated heterocycles. The van der Waals surface area contributed by atoms with Gasteiger partial charge in [-0.25, -0.2) is 14.2 Å². The Kier molecular flexibility index (Phi) is 3.94. The maximum atomic E-state index is 13.1. The van der Waals surface area contributed by atoms with Crippen molar-refractivity contribution < 1.29 is 19.1 Å². The zero-order valence-corrected chi connectivity index (χ0v) is 10.9. The topological polar surface area (TPSA) is 105 Å². The number of benzene rings is 1. The Hall–Kier alpha value is -2.48. The number of nitrogens with one attached hydrogen (secondary N) is 1. The van der Waals surface area contributed by atoms with Crippen molar-refractivity contribution in [1.29, 1.82) is 0 Å². The zero-order chi connectivity index (χ0) is 14.7. The maximum absolute atomic E-state index is 13.1. The molecule has 20 heavy (non-hydrogen) atoms. The molecular formula is C12H10FN3O3S. The second-order valence-corrected chi connectivity index (χ2v) is 4.79. The van der Waals surface area contributed by atoms with Gasteiger partial charge in [-0.15, -0.1) is 11.3 Å². The Morgan fingerprint density at radius 1 is 1.45 bits per heavy atom. The summed E-state index contributed by atoms with van der Waals surface area (Å²) in [5.41, 5.74) is 5.63. The second kappa shape index (κ2) is 5.66. The van der Waals surface area contributed by atoms with Crippen molar-refractivity contribution in [2.75, 3.05) is 11.1 Å². The van der Waals surface area contributed by atoms with Crippen molar-refractivity contribution in [3.63, 3.8) is 0 Å². The molecule has 0 aliphatic carbocycles. The van der Waals surface area contributed by atoms with Gasteiger partial charge in [-0.05, 0) is 18.2 Å². The van der Waals surface area contributed by atoms with Crippen molar-refractivity contribution in [3.05, 3.63) is 40.7 Å². The van der Waals surface area contributed by atoms with Crippen LogP contribution in [0.25, 0.3) is 0 Å². The van der Waals surface area contributed by atoms with Crippen LogP contribution in [0.2, 0.25) is 0 Å². The Labute approximate surface area is 117 Å². The van der Waals surface area contributed by atoms with Gasteiger partial charge in [-0.2, -0.15) is 0 Å². The molecule has 0 radical (unpaired) electrons. The highest BCUT2D eigenvalue weighted by molar-refractivity contribution is 7.13. The van der Waals surface area contributed by atoms with Crippen molar-refractivity contribution in [1.82, 2.24) is 4.98 Å². The summed E-state index contributed by atoms with van der Waals surface area (Å²) < 4.78 is 13.1. The molecule has 1 aromatic carbocycles. The minimum absolute atomic E-state index is 0.0662. The lowest BCUT2D eigenvalue weighted by atomic mass is 10.1. The molecule has 104 valence electrons. The molecule has 0 aliphatic heterocycles. The average molecular weight is 295 g/mol. The number of carbonyl (C=O) groups is 2. The fourth-order valence-electron chi connectivity index (χ4n) is 1.57. The summed E-state index contributed by atoms with van der Waals surface area (Å²) in [7, 11) is 0. The van der Waals surface area contributed by atoms with Gasteiger partial charge in [0.15, 0.2) is 5.13 Å². The Morgan fingerprint density at radius 3 is 2.80 bits per heavy atom. The van der Waals surface area contributed by atoms with Gasteiger partial charge in [0.1, 0.15) is 5.82 Å². The van der Waals surface area contributed by atoms with Crippen molar-refractivity contribution in [2.24, 2.45) is 0 Å². The molecule has 2 aromatic rings. The fraction of sp³-hybridized carbons (Fsp3) is 0.0833. The summed E-state index contributed by atoms with van der Waals surface area (Å²) in [6.07, 6.45) is -0.0662. The molecule has 0 bridgehead atoms. The molecule has 2 rings (SSSR count). The van der Waals surface area contributed by atoms with Crippen LogP contribution in [0.15, 0.2) is 23.6 Å². The summed E-state index contributed by atoms with van der Waals surface area (Å²) >= 11 is 1.20. The highest BCUT2D eigenvalue weighted by atomic mass is 32.1. The van der Waals surface area contributed by atoms with E-state index >= 15 is 0 Å². The minimum atomic E-state index is -1.25. The summed E-state index contributed by atoms with van der Waals surface area (Å²) in [5, 5.41) is 13.3. The van der Waals surface area contributed by atoms with Gasteiger partial charge in [0, 0.05) is 5.38 Å². The average Bonchev–Trinajstić information content (AvgIpc) is 2.74. The molecule has 0 saturated carbocycles. The third-order valence-electron chi connectivity index (χ3n) is 2.40. The van der Waals surface area contributed by atoms with Gasteiger partial charge in [0.2, 0.25) is 5.91 Å². The number of aromatic nitrogens is 1. The van der Waals surface area contributed by atoms with E-state index in [0.717, 1.165) is 18.2 Å². The number of hydrogen-bond donors (Lipinski definition) is 3. The van der Waals surface area contributed by atoms with Crippen LogP contribution in [0.4, 0.5) is 15.2 Å². The number of carbonyl (C=O) groups excluding carboxylic acids is 1. The van der Waals surface area contributed by atoms with Crippen molar-refractivity contribution in [2.45, 2.75) is 6.42 Å². The highest BCUT2D eigenvalue weighted by Crippen LogP contribution is 2.18. The molecule has 0 aliphatic rings. The van der Waals surface area contributed by atoms with Crippen LogP contribution in [-0.4, -0.2) is 22.0 Å². The van der Waals surface area contributed by atoms with Crippen LogP contribution in [0.5, 0.6) is 0 Å². The number of amides is 1. The lowest BCUT2D eigenvalue weighted by molar-refractivity contribution is -0.115. The first-order chi connectivity index (χ1) is 9.45. The summed E-state index contributed by atoms with van der Waals surface area (Å²) in [6.45, 7) is 0. The Balaban J connectivity index is 2.15. The quantitative estimate of drug-likeness (QED) is 0.796. The van der Waals surface area contributed by atoms with Crippen LogP contribution in [0.3, 0.4) is 0 Å². The lowest BCUT2D eigenvalue weighted by Crippen LogP contribution is -2.17. The van der Waals surface area contributed by atoms with Crippen LogP contribution in [-0.2, 0) is 11.2 Å². The van der Waals surface area contributed by atoms with Gasteiger partial charge < -0.3 is 16.2 Å². The molecule has 0 unspecified atom stereocenters. The number of carboxylic acid groups (broad SMARTS) is 1. The third kappa shape index (κ3) is 3.29. The number of nitrogens with two attached hydrogens (primary N) is 1. The van der Waals surface area contributed by atoms with Crippen LogP contribution in [0, 0.1) is 5.82 Å². The first kappa shape index (κ1) is 13.9. The summed E-state index contributed by atoms with van der Waals surface area (Å²) in [4.78, 5) is 26.7.